The van der Waals surface area contributed by atoms with Gasteiger partial charge in [-0.2, -0.15) is 0 Å². The monoisotopic (exact) mass is 267 g/mol. The highest BCUT2D eigenvalue weighted by atomic mass is 32.1. The summed E-state index contributed by atoms with van der Waals surface area (Å²) in [4.78, 5) is 5.71. The summed E-state index contributed by atoms with van der Waals surface area (Å²) in [6.45, 7) is 2.09. The first-order valence-corrected chi connectivity index (χ1v) is 6.93. The number of hydrogen-bond acceptors (Lipinski definition) is 3. The number of rotatable bonds is 2. The first kappa shape index (κ1) is 11.9. The number of fused-ring (bicyclic) bond motifs is 1. The van der Waals surface area contributed by atoms with E-state index in [0.29, 0.717) is 5.52 Å². The maximum absolute atomic E-state index is 9.81. The molecule has 2 heterocycles. The first-order chi connectivity index (χ1) is 9.24. The predicted octanol–water partition coefficient (Wildman–Crippen LogP) is 4.48. The van der Waals surface area contributed by atoms with E-state index >= 15 is 0 Å². The highest BCUT2D eigenvalue weighted by Crippen LogP contribution is 2.23. The molecule has 19 heavy (non-hydrogen) atoms. The van der Waals surface area contributed by atoms with Crippen LogP contribution in [-0.2, 0) is 0 Å². The molecule has 0 aliphatic heterocycles. The Morgan fingerprint density at radius 3 is 2.79 bits per heavy atom. The topological polar surface area (TPSA) is 33.1 Å². The van der Waals surface area contributed by atoms with Crippen molar-refractivity contribution in [2.75, 3.05) is 0 Å². The Bertz CT molecular complexity index is 758. The molecule has 0 aliphatic carbocycles. The molecular formula is C16H13NOS. The third kappa shape index (κ3) is 2.37. The van der Waals surface area contributed by atoms with Crippen molar-refractivity contribution < 1.29 is 5.11 Å². The molecular weight excluding hydrogens is 254 g/mol. The van der Waals surface area contributed by atoms with E-state index in [0.717, 1.165) is 11.1 Å². The number of phenols is 1. The lowest BCUT2D eigenvalue weighted by molar-refractivity contribution is 0.480. The molecule has 0 fully saturated rings. The molecule has 0 radical (unpaired) electrons. The second kappa shape index (κ2) is 4.86. The average Bonchev–Trinajstić information content (AvgIpc) is 2.83. The van der Waals surface area contributed by atoms with E-state index in [1.165, 1.54) is 10.4 Å². The van der Waals surface area contributed by atoms with Crippen molar-refractivity contribution in [1.29, 1.82) is 0 Å². The molecule has 3 aromatic rings. The molecule has 0 atom stereocenters. The molecule has 0 saturated carbocycles. The molecule has 2 nitrogen and oxygen atoms in total. The summed E-state index contributed by atoms with van der Waals surface area (Å²) in [5, 5.41) is 12.8. The lowest BCUT2D eigenvalue weighted by Gasteiger charge is -2.01. The lowest BCUT2D eigenvalue weighted by Crippen LogP contribution is -1.83. The minimum Gasteiger partial charge on any atom is -0.506 e. The van der Waals surface area contributed by atoms with Crippen LogP contribution in [0.1, 0.15) is 16.1 Å². The van der Waals surface area contributed by atoms with Gasteiger partial charge in [0.1, 0.15) is 11.3 Å². The van der Waals surface area contributed by atoms with Crippen LogP contribution in [0.25, 0.3) is 23.1 Å². The fourth-order valence-corrected chi connectivity index (χ4v) is 2.77. The van der Waals surface area contributed by atoms with Crippen LogP contribution in [0.2, 0.25) is 0 Å². The highest BCUT2D eigenvalue weighted by molar-refractivity contribution is 7.11. The van der Waals surface area contributed by atoms with Gasteiger partial charge >= 0.3 is 0 Å². The number of hydrogen-bond donors (Lipinski definition) is 1. The summed E-state index contributed by atoms with van der Waals surface area (Å²) >= 11 is 1.71. The Balaban J connectivity index is 2.00. The van der Waals surface area contributed by atoms with Crippen molar-refractivity contribution in [2.24, 2.45) is 0 Å². The summed E-state index contributed by atoms with van der Waals surface area (Å²) in [7, 11) is 0. The van der Waals surface area contributed by atoms with E-state index in [1.54, 1.807) is 17.4 Å². The molecule has 94 valence electrons. The van der Waals surface area contributed by atoms with Crippen LogP contribution in [0.5, 0.6) is 5.75 Å². The van der Waals surface area contributed by atoms with Gasteiger partial charge in [-0.25, -0.2) is 4.98 Å². The minimum absolute atomic E-state index is 0.222. The Morgan fingerprint density at radius 1 is 1.11 bits per heavy atom. The number of thiophene rings is 1. The Kier molecular flexibility index (Phi) is 3.05. The third-order valence-electron chi connectivity index (χ3n) is 3.03. The number of pyridine rings is 1. The molecule has 0 unspecified atom stereocenters. The van der Waals surface area contributed by atoms with E-state index in [9.17, 15) is 5.11 Å². The number of benzene rings is 1. The first-order valence-electron chi connectivity index (χ1n) is 6.05. The van der Waals surface area contributed by atoms with Crippen LogP contribution in [0.15, 0.2) is 41.8 Å². The van der Waals surface area contributed by atoms with E-state index in [4.69, 9.17) is 0 Å². The number of para-hydroxylation sites is 1. The smallest absolute Gasteiger partial charge is 0.141 e. The molecule has 0 bridgehead atoms. The molecule has 0 spiro atoms. The Labute approximate surface area is 115 Å². The third-order valence-corrected chi connectivity index (χ3v) is 4.01. The fourth-order valence-electron chi connectivity index (χ4n) is 1.96. The Morgan fingerprint density at radius 2 is 2.00 bits per heavy atom. The molecule has 1 aromatic carbocycles. The van der Waals surface area contributed by atoms with Crippen LogP contribution < -0.4 is 0 Å². The number of aromatic hydroxyl groups is 1. The normalized spacial score (nSPS) is 11.4. The fraction of sp³-hybridized carbons (Fsp3) is 0.0625. The van der Waals surface area contributed by atoms with Gasteiger partial charge in [0, 0.05) is 10.3 Å². The van der Waals surface area contributed by atoms with E-state index in [2.05, 4.69) is 29.4 Å². The molecule has 3 rings (SSSR count). The standard InChI is InChI=1S/C16H13NOS/c1-11-9-10-19-15(11)8-7-13-6-5-12-3-2-4-14(18)16(12)17-13/h2-10,18H,1H3/b8-7+. The van der Waals surface area contributed by atoms with Gasteiger partial charge in [0.05, 0.1) is 5.69 Å². The molecule has 1 N–H and O–H groups in total. The average molecular weight is 267 g/mol. The second-order valence-electron chi connectivity index (χ2n) is 4.39. The summed E-state index contributed by atoms with van der Waals surface area (Å²) in [6, 6.07) is 11.5. The molecule has 0 aliphatic rings. The summed E-state index contributed by atoms with van der Waals surface area (Å²) in [5.41, 5.74) is 2.76. The molecule has 0 amide bonds. The second-order valence-corrected chi connectivity index (χ2v) is 5.33. The van der Waals surface area contributed by atoms with Gasteiger partial charge in [0.15, 0.2) is 0 Å². The Hall–Kier alpha value is -2.13. The van der Waals surface area contributed by atoms with E-state index in [1.807, 2.05) is 30.3 Å². The van der Waals surface area contributed by atoms with Crippen molar-refractivity contribution in [3.63, 3.8) is 0 Å². The number of aryl methyl sites for hydroxylation is 1. The summed E-state index contributed by atoms with van der Waals surface area (Å²) in [6.07, 6.45) is 4.04. The van der Waals surface area contributed by atoms with Crippen molar-refractivity contribution >= 4 is 34.4 Å². The maximum Gasteiger partial charge on any atom is 0.141 e. The van der Waals surface area contributed by atoms with Gasteiger partial charge in [-0.1, -0.05) is 18.2 Å². The number of nitrogens with zero attached hydrogens (tertiary/aromatic N) is 1. The van der Waals surface area contributed by atoms with E-state index in [-0.39, 0.29) is 5.75 Å². The van der Waals surface area contributed by atoms with Gasteiger partial charge in [-0.3, -0.25) is 0 Å². The number of phenolic OH excluding ortho intramolecular Hbond substituents is 1. The predicted molar refractivity (Wildman–Crippen MR) is 81.4 cm³/mol. The van der Waals surface area contributed by atoms with Crippen molar-refractivity contribution in [3.8, 4) is 5.75 Å². The van der Waals surface area contributed by atoms with Crippen LogP contribution in [0, 0.1) is 6.92 Å². The van der Waals surface area contributed by atoms with Gasteiger partial charge in [-0.15, -0.1) is 11.3 Å². The van der Waals surface area contributed by atoms with Crippen LogP contribution in [0.4, 0.5) is 0 Å². The van der Waals surface area contributed by atoms with Crippen LogP contribution in [-0.4, -0.2) is 10.1 Å². The highest BCUT2D eigenvalue weighted by Gasteiger charge is 2.01. The van der Waals surface area contributed by atoms with Crippen LogP contribution >= 0.6 is 11.3 Å². The largest absolute Gasteiger partial charge is 0.506 e. The zero-order chi connectivity index (χ0) is 13.2. The van der Waals surface area contributed by atoms with E-state index < -0.39 is 0 Å². The quantitative estimate of drug-likeness (QED) is 0.742. The van der Waals surface area contributed by atoms with Gasteiger partial charge < -0.3 is 5.11 Å². The van der Waals surface area contributed by atoms with Gasteiger partial charge in [0.2, 0.25) is 0 Å². The maximum atomic E-state index is 9.81. The van der Waals surface area contributed by atoms with Gasteiger partial charge in [0.25, 0.3) is 0 Å². The van der Waals surface area contributed by atoms with Gasteiger partial charge in [-0.05, 0) is 48.2 Å². The molecule has 2 aromatic heterocycles. The van der Waals surface area contributed by atoms with Crippen molar-refractivity contribution in [2.45, 2.75) is 6.92 Å². The zero-order valence-corrected chi connectivity index (χ0v) is 11.3. The molecule has 3 heteroatoms. The van der Waals surface area contributed by atoms with Crippen LogP contribution in [0.3, 0.4) is 0 Å². The van der Waals surface area contributed by atoms with Crippen molar-refractivity contribution in [3.05, 3.63) is 57.9 Å². The van der Waals surface area contributed by atoms with Crippen molar-refractivity contribution in [1.82, 2.24) is 4.98 Å². The minimum atomic E-state index is 0.222. The molecule has 0 saturated heterocycles. The lowest BCUT2D eigenvalue weighted by atomic mass is 10.2. The summed E-state index contributed by atoms with van der Waals surface area (Å²) in [5.74, 6) is 0.222. The zero-order valence-electron chi connectivity index (χ0n) is 10.5. The SMILES string of the molecule is Cc1ccsc1/C=C/c1ccc2cccc(O)c2n1. The number of aromatic nitrogens is 1. The summed E-state index contributed by atoms with van der Waals surface area (Å²) < 4.78 is 0.